The van der Waals surface area contributed by atoms with E-state index in [0.29, 0.717) is 0 Å². The number of aliphatic carboxylic acids is 1. The van der Waals surface area contributed by atoms with Crippen molar-refractivity contribution in [3.63, 3.8) is 0 Å². The number of amides is 1. The van der Waals surface area contributed by atoms with E-state index >= 15 is 0 Å². The number of carbonyl (C=O) groups is 2. The number of ether oxygens (including phenoxy) is 1. The lowest BCUT2D eigenvalue weighted by Crippen LogP contribution is -2.52. The molecule has 0 saturated carbocycles. The summed E-state index contributed by atoms with van der Waals surface area (Å²) in [5, 5.41) is 8.74. The first-order chi connectivity index (χ1) is 7.70. The SMILES string of the molecule is COCCN(CC(=O)O)C(=O)[C@H](N)C(C)(C)C. The molecule has 0 aliphatic rings. The van der Waals surface area contributed by atoms with E-state index in [9.17, 15) is 9.59 Å². The predicted molar refractivity (Wildman–Crippen MR) is 63.5 cm³/mol. The number of methoxy groups -OCH3 is 1. The van der Waals surface area contributed by atoms with E-state index in [4.69, 9.17) is 15.6 Å². The topological polar surface area (TPSA) is 92.9 Å². The van der Waals surface area contributed by atoms with Gasteiger partial charge in [-0.1, -0.05) is 20.8 Å². The maximum absolute atomic E-state index is 12.0. The first-order valence-corrected chi connectivity index (χ1v) is 5.45. The van der Waals surface area contributed by atoms with Crippen molar-refractivity contribution in [1.82, 2.24) is 4.90 Å². The Morgan fingerprint density at radius 1 is 1.41 bits per heavy atom. The molecule has 3 N–H and O–H groups in total. The lowest BCUT2D eigenvalue weighted by atomic mass is 9.86. The number of carboxylic acids is 1. The average molecular weight is 246 g/mol. The predicted octanol–water partition coefficient (Wildman–Crippen LogP) is -0.0806. The molecular weight excluding hydrogens is 224 g/mol. The molecule has 100 valence electrons. The first kappa shape index (κ1) is 15.9. The van der Waals surface area contributed by atoms with Gasteiger partial charge in [0.15, 0.2) is 0 Å². The minimum Gasteiger partial charge on any atom is -0.480 e. The van der Waals surface area contributed by atoms with Crippen LogP contribution in [0.2, 0.25) is 0 Å². The van der Waals surface area contributed by atoms with Gasteiger partial charge in [0.05, 0.1) is 12.6 Å². The maximum atomic E-state index is 12.0. The standard InChI is InChI=1S/C11H22N2O4/c1-11(2,3)9(12)10(16)13(5-6-17-4)7-8(14)15/h9H,5-7,12H2,1-4H3,(H,14,15)/t9-/m0/s1. The molecular formula is C11H22N2O4. The molecule has 1 atom stereocenters. The van der Waals surface area contributed by atoms with Crippen LogP contribution in [0.1, 0.15) is 20.8 Å². The van der Waals surface area contributed by atoms with E-state index in [1.165, 1.54) is 12.0 Å². The highest BCUT2D eigenvalue weighted by molar-refractivity contribution is 5.85. The van der Waals surface area contributed by atoms with Gasteiger partial charge in [0.1, 0.15) is 6.54 Å². The van der Waals surface area contributed by atoms with E-state index in [-0.39, 0.29) is 25.6 Å². The summed E-state index contributed by atoms with van der Waals surface area (Å²) in [6, 6.07) is -0.723. The van der Waals surface area contributed by atoms with Gasteiger partial charge in [-0.2, -0.15) is 0 Å². The number of carboxylic acid groups (broad SMARTS) is 1. The molecule has 0 aromatic heterocycles. The molecule has 0 aliphatic carbocycles. The Kier molecular flexibility index (Phi) is 6.12. The van der Waals surface area contributed by atoms with Crippen LogP contribution < -0.4 is 5.73 Å². The number of rotatable bonds is 6. The van der Waals surface area contributed by atoms with Crippen molar-refractivity contribution < 1.29 is 19.4 Å². The second kappa shape index (κ2) is 6.56. The minimum atomic E-state index is -1.06. The minimum absolute atomic E-state index is 0.228. The zero-order chi connectivity index (χ0) is 13.6. The Labute approximate surface area is 102 Å². The van der Waals surface area contributed by atoms with Gasteiger partial charge in [-0.25, -0.2) is 0 Å². The Morgan fingerprint density at radius 3 is 2.29 bits per heavy atom. The average Bonchev–Trinajstić information content (AvgIpc) is 2.20. The Morgan fingerprint density at radius 2 is 1.94 bits per heavy atom. The highest BCUT2D eigenvalue weighted by atomic mass is 16.5. The molecule has 0 aromatic carbocycles. The number of nitrogens with two attached hydrogens (primary N) is 1. The highest BCUT2D eigenvalue weighted by Crippen LogP contribution is 2.19. The van der Waals surface area contributed by atoms with Crippen molar-refractivity contribution in [2.45, 2.75) is 26.8 Å². The molecule has 0 rings (SSSR count). The van der Waals surface area contributed by atoms with Crippen LogP contribution in [0.4, 0.5) is 0 Å². The van der Waals surface area contributed by atoms with Crippen LogP contribution in [-0.2, 0) is 14.3 Å². The number of nitrogens with zero attached hydrogens (tertiary/aromatic N) is 1. The summed E-state index contributed by atoms with van der Waals surface area (Å²) < 4.78 is 4.84. The molecule has 0 saturated heterocycles. The third-order valence-electron chi connectivity index (χ3n) is 2.40. The molecule has 6 heteroatoms. The van der Waals surface area contributed by atoms with Crippen LogP contribution in [0.15, 0.2) is 0 Å². The van der Waals surface area contributed by atoms with Crippen molar-refractivity contribution in [1.29, 1.82) is 0 Å². The van der Waals surface area contributed by atoms with Gasteiger partial charge in [0.25, 0.3) is 0 Å². The van der Waals surface area contributed by atoms with Crippen molar-refractivity contribution in [2.24, 2.45) is 11.1 Å². The van der Waals surface area contributed by atoms with Gasteiger partial charge in [0, 0.05) is 13.7 Å². The molecule has 17 heavy (non-hydrogen) atoms. The van der Waals surface area contributed by atoms with Crippen LogP contribution in [0.25, 0.3) is 0 Å². The molecule has 0 radical (unpaired) electrons. The normalized spacial score (nSPS) is 13.2. The van der Waals surface area contributed by atoms with Gasteiger partial charge in [-0.15, -0.1) is 0 Å². The third-order valence-corrected chi connectivity index (χ3v) is 2.40. The van der Waals surface area contributed by atoms with E-state index in [1.54, 1.807) is 0 Å². The molecule has 6 nitrogen and oxygen atoms in total. The summed E-state index contributed by atoms with van der Waals surface area (Å²) in [6.45, 7) is 5.67. The van der Waals surface area contributed by atoms with Crippen LogP contribution in [0, 0.1) is 5.41 Å². The van der Waals surface area contributed by atoms with Gasteiger partial charge >= 0.3 is 5.97 Å². The van der Waals surface area contributed by atoms with Crippen LogP contribution >= 0.6 is 0 Å². The summed E-state index contributed by atoms with van der Waals surface area (Å²) in [5.41, 5.74) is 5.42. The molecule has 0 unspecified atom stereocenters. The number of hydrogen-bond donors (Lipinski definition) is 2. The summed E-state index contributed by atoms with van der Waals surface area (Å²) in [4.78, 5) is 23.9. The van der Waals surface area contributed by atoms with Gasteiger partial charge in [-0.3, -0.25) is 9.59 Å². The molecule has 0 bridgehead atoms. The lowest BCUT2D eigenvalue weighted by molar-refractivity contribution is -0.146. The summed E-state index contributed by atoms with van der Waals surface area (Å²) in [7, 11) is 1.49. The quantitative estimate of drug-likeness (QED) is 0.683. The summed E-state index contributed by atoms with van der Waals surface area (Å²) in [6.07, 6.45) is 0. The van der Waals surface area contributed by atoms with Crippen LogP contribution in [-0.4, -0.2) is 54.7 Å². The fraction of sp³-hybridized carbons (Fsp3) is 0.818. The molecule has 0 spiro atoms. The fourth-order valence-electron chi connectivity index (χ4n) is 1.20. The molecule has 0 heterocycles. The van der Waals surface area contributed by atoms with Crippen molar-refractivity contribution in [3.05, 3.63) is 0 Å². The maximum Gasteiger partial charge on any atom is 0.323 e. The lowest BCUT2D eigenvalue weighted by Gasteiger charge is -2.31. The first-order valence-electron chi connectivity index (χ1n) is 5.45. The fourth-order valence-corrected chi connectivity index (χ4v) is 1.20. The van der Waals surface area contributed by atoms with E-state index in [2.05, 4.69) is 0 Å². The van der Waals surface area contributed by atoms with Crippen molar-refractivity contribution in [2.75, 3.05) is 26.8 Å². The largest absolute Gasteiger partial charge is 0.480 e. The van der Waals surface area contributed by atoms with Crippen molar-refractivity contribution in [3.8, 4) is 0 Å². The third kappa shape index (κ3) is 5.65. The van der Waals surface area contributed by atoms with E-state index < -0.39 is 17.4 Å². The van der Waals surface area contributed by atoms with E-state index in [1.807, 2.05) is 20.8 Å². The Hall–Kier alpha value is -1.14. The summed E-state index contributed by atoms with van der Waals surface area (Å²) in [5.74, 6) is -1.42. The number of carbonyl (C=O) groups excluding carboxylic acids is 1. The van der Waals surface area contributed by atoms with Crippen LogP contribution in [0.5, 0.6) is 0 Å². The molecule has 0 fully saturated rings. The Balaban J connectivity index is 4.67. The Bertz CT molecular complexity index is 273. The van der Waals surface area contributed by atoms with Gasteiger partial charge in [-0.05, 0) is 5.41 Å². The second-order valence-corrected chi connectivity index (χ2v) is 4.99. The zero-order valence-electron chi connectivity index (χ0n) is 10.9. The smallest absolute Gasteiger partial charge is 0.323 e. The molecule has 0 aromatic rings. The zero-order valence-corrected chi connectivity index (χ0v) is 10.9. The molecule has 0 aliphatic heterocycles. The molecule has 1 amide bonds. The summed E-state index contributed by atoms with van der Waals surface area (Å²) >= 11 is 0. The van der Waals surface area contributed by atoms with Gasteiger partial charge < -0.3 is 20.5 Å². The van der Waals surface area contributed by atoms with Gasteiger partial charge in [0.2, 0.25) is 5.91 Å². The number of hydrogen-bond acceptors (Lipinski definition) is 4. The second-order valence-electron chi connectivity index (χ2n) is 4.99. The van der Waals surface area contributed by atoms with E-state index in [0.717, 1.165) is 0 Å². The van der Waals surface area contributed by atoms with Crippen LogP contribution in [0.3, 0.4) is 0 Å². The monoisotopic (exact) mass is 246 g/mol. The highest BCUT2D eigenvalue weighted by Gasteiger charge is 2.31. The van der Waals surface area contributed by atoms with Crippen molar-refractivity contribution >= 4 is 11.9 Å².